The Morgan fingerprint density at radius 1 is 1.27 bits per heavy atom. The maximum absolute atomic E-state index is 12.6. The number of rotatable bonds is 5. The number of nitrogens with zero attached hydrogens (tertiary/aromatic N) is 3. The van der Waals surface area contributed by atoms with Crippen molar-refractivity contribution in [3.8, 4) is 5.75 Å². The Bertz CT molecular complexity index is 773. The van der Waals surface area contributed by atoms with E-state index in [-0.39, 0.29) is 5.91 Å². The Balaban J connectivity index is 1.51. The highest BCUT2D eigenvalue weighted by Gasteiger charge is 2.27. The first kappa shape index (κ1) is 19.0. The zero-order chi connectivity index (χ0) is 18.7. The third kappa shape index (κ3) is 4.69. The SMILES string of the molecule is Cc1cc(CN2CCN(C(=O)C(C)Oc3ccc(Cl)cc3Cl)CC2)on1. The lowest BCUT2D eigenvalue weighted by Crippen LogP contribution is -2.51. The maximum Gasteiger partial charge on any atom is 0.263 e. The first-order valence-electron chi connectivity index (χ1n) is 8.47. The molecule has 1 aromatic heterocycles. The van der Waals surface area contributed by atoms with Gasteiger partial charge in [0.05, 0.1) is 17.3 Å². The zero-order valence-corrected chi connectivity index (χ0v) is 16.3. The van der Waals surface area contributed by atoms with Gasteiger partial charge in [-0.3, -0.25) is 9.69 Å². The van der Waals surface area contributed by atoms with Crippen molar-refractivity contribution in [3.05, 3.63) is 45.8 Å². The van der Waals surface area contributed by atoms with Crippen molar-refractivity contribution in [2.45, 2.75) is 26.5 Å². The standard InChI is InChI=1S/C18H21Cl2N3O3/c1-12-9-15(26-21-12)11-22-5-7-23(8-6-22)18(24)13(2)25-17-4-3-14(19)10-16(17)20/h3-4,9-10,13H,5-8,11H2,1-2H3. The Morgan fingerprint density at radius 2 is 2.00 bits per heavy atom. The van der Waals surface area contributed by atoms with Gasteiger partial charge in [0, 0.05) is 37.3 Å². The Kier molecular flexibility index (Phi) is 6.06. The van der Waals surface area contributed by atoms with E-state index in [2.05, 4.69) is 10.1 Å². The molecule has 1 aromatic carbocycles. The number of hydrogen-bond acceptors (Lipinski definition) is 5. The van der Waals surface area contributed by atoms with Crippen LogP contribution in [0.2, 0.25) is 10.0 Å². The van der Waals surface area contributed by atoms with Crippen LogP contribution >= 0.6 is 23.2 Å². The fourth-order valence-electron chi connectivity index (χ4n) is 2.91. The molecule has 1 atom stereocenters. The zero-order valence-electron chi connectivity index (χ0n) is 14.7. The minimum Gasteiger partial charge on any atom is -0.479 e. The summed E-state index contributed by atoms with van der Waals surface area (Å²) in [6, 6.07) is 6.89. The molecule has 1 aliphatic rings. The Hall–Kier alpha value is -1.76. The summed E-state index contributed by atoms with van der Waals surface area (Å²) in [5, 5.41) is 4.82. The van der Waals surface area contributed by atoms with Crippen molar-refractivity contribution in [1.29, 1.82) is 0 Å². The van der Waals surface area contributed by atoms with Crippen molar-refractivity contribution in [2.75, 3.05) is 26.2 Å². The lowest BCUT2D eigenvalue weighted by molar-refractivity contribution is -0.139. The largest absolute Gasteiger partial charge is 0.479 e. The van der Waals surface area contributed by atoms with Crippen molar-refractivity contribution >= 4 is 29.1 Å². The molecule has 1 saturated heterocycles. The fraction of sp³-hybridized carbons (Fsp3) is 0.444. The third-order valence-corrected chi connectivity index (χ3v) is 4.82. The number of aromatic nitrogens is 1. The van der Waals surface area contributed by atoms with E-state index in [0.717, 1.165) is 24.5 Å². The number of carbonyl (C=O) groups excluding carboxylic acids is 1. The van der Waals surface area contributed by atoms with Crippen molar-refractivity contribution < 1.29 is 14.1 Å². The molecule has 2 aromatic rings. The highest BCUT2D eigenvalue weighted by atomic mass is 35.5. The predicted molar refractivity (Wildman–Crippen MR) is 99.6 cm³/mol. The van der Waals surface area contributed by atoms with Crippen LogP contribution in [0.25, 0.3) is 0 Å². The van der Waals surface area contributed by atoms with Crippen LogP contribution in [0.1, 0.15) is 18.4 Å². The van der Waals surface area contributed by atoms with Crippen LogP contribution in [0.3, 0.4) is 0 Å². The van der Waals surface area contributed by atoms with Crippen LogP contribution in [0.4, 0.5) is 0 Å². The van der Waals surface area contributed by atoms with Gasteiger partial charge in [-0.1, -0.05) is 28.4 Å². The van der Waals surface area contributed by atoms with E-state index in [4.69, 9.17) is 32.5 Å². The van der Waals surface area contributed by atoms with Gasteiger partial charge in [0.1, 0.15) is 5.75 Å². The minimum atomic E-state index is -0.614. The van der Waals surface area contributed by atoms with E-state index in [1.165, 1.54) is 0 Å². The van der Waals surface area contributed by atoms with Crippen LogP contribution in [0.5, 0.6) is 5.75 Å². The smallest absolute Gasteiger partial charge is 0.263 e. The van der Waals surface area contributed by atoms with E-state index >= 15 is 0 Å². The molecule has 1 amide bonds. The van der Waals surface area contributed by atoms with E-state index < -0.39 is 6.10 Å². The molecule has 2 heterocycles. The number of piperazine rings is 1. The predicted octanol–water partition coefficient (Wildman–Crippen LogP) is 3.40. The lowest BCUT2D eigenvalue weighted by Gasteiger charge is -2.35. The molecule has 0 bridgehead atoms. The van der Waals surface area contributed by atoms with Crippen LogP contribution in [-0.4, -0.2) is 53.1 Å². The molecular formula is C18H21Cl2N3O3. The fourth-order valence-corrected chi connectivity index (χ4v) is 3.36. The molecule has 0 N–H and O–H groups in total. The van der Waals surface area contributed by atoms with Crippen molar-refractivity contribution in [2.24, 2.45) is 0 Å². The summed E-state index contributed by atoms with van der Waals surface area (Å²) < 4.78 is 11.0. The monoisotopic (exact) mass is 397 g/mol. The molecule has 6 nitrogen and oxygen atoms in total. The van der Waals surface area contributed by atoms with Gasteiger partial charge in [-0.15, -0.1) is 0 Å². The van der Waals surface area contributed by atoms with E-state index in [0.29, 0.717) is 35.4 Å². The van der Waals surface area contributed by atoms with Gasteiger partial charge in [-0.05, 0) is 32.0 Å². The first-order chi connectivity index (χ1) is 12.4. The van der Waals surface area contributed by atoms with Gasteiger partial charge < -0.3 is 14.2 Å². The Morgan fingerprint density at radius 3 is 2.62 bits per heavy atom. The summed E-state index contributed by atoms with van der Waals surface area (Å²) in [6.07, 6.45) is -0.614. The molecule has 0 radical (unpaired) electrons. The molecule has 8 heteroatoms. The van der Waals surface area contributed by atoms with E-state index in [1.807, 2.05) is 17.9 Å². The summed E-state index contributed by atoms with van der Waals surface area (Å²) in [6.45, 7) is 7.19. The molecule has 0 aliphatic carbocycles. The molecule has 1 unspecified atom stereocenters. The Labute approximate surface area is 162 Å². The highest BCUT2D eigenvalue weighted by Crippen LogP contribution is 2.28. The molecule has 3 rings (SSSR count). The summed E-state index contributed by atoms with van der Waals surface area (Å²) in [4.78, 5) is 16.7. The minimum absolute atomic E-state index is 0.0498. The van der Waals surface area contributed by atoms with Crippen LogP contribution in [-0.2, 0) is 11.3 Å². The quantitative estimate of drug-likeness (QED) is 0.773. The normalized spacial score (nSPS) is 16.5. The van der Waals surface area contributed by atoms with Crippen LogP contribution < -0.4 is 4.74 Å². The van der Waals surface area contributed by atoms with Gasteiger partial charge in [-0.2, -0.15) is 0 Å². The average Bonchev–Trinajstić information content (AvgIpc) is 3.02. The molecular weight excluding hydrogens is 377 g/mol. The molecule has 1 fully saturated rings. The second-order valence-corrected chi connectivity index (χ2v) is 7.21. The summed E-state index contributed by atoms with van der Waals surface area (Å²) in [5.41, 5.74) is 0.876. The van der Waals surface area contributed by atoms with Gasteiger partial charge in [-0.25, -0.2) is 0 Å². The lowest BCUT2D eigenvalue weighted by atomic mass is 10.2. The highest BCUT2D eigenvalue weighted by molar-refractivity contribution is 6.35. The topological polar surface area (TPSA) is 58.8 Å². The van der Waals surface area contributed by atoms with Gasteiger partial charge in [0.25, 0.3) is 5.91 Å². The number of hydrogen-bond donors (Lipinski definition) is 0. The van der Waals surface area contributed by atoms with E-state index in [9.17, 15) is 4.79 Å². The molecule has 0 spiro atoms. The number of ether oxygens (including phenoxy) is 1. The van der Waals surface area contributed by atoms with Gasteiger partial charge in [0.2, 0.25) is 0 Å². The number of carbonyl (C=O) groups is 1. The second-order valence-electron chi connectivity index (χ2n) is 6.37. The molecule has 1 aliphatic heterocycles. The summed E-state index contributed by atoms with van der Waals surface area (Å²) in [5.74, 6) is 1.25. The number of halogens is 2. The molecule has 0 saturated carbocycles. The number of aryl methyl sites for hydroxylation is 1. The van der Waals surface area contributed by atoms with Crippen molar-refractivity contribution in [3.63, 3.8) is 0 Å². The molecule has 26 heavy (non-hydrogen) atoms. The van der Waals surface area contributed by atoms with Gasteiger partial charge in [0.15, 0.2) is 11.9 Å². The number of amides is 1. The van der Waals surface area contributed by atoms with E-state index in [1.54, 1.807) is 25.1 Å². The van der Waals surface area contributed by atoms with Crippen LogP contribution in [0, 0.1) is 6.92 Å². The second kappa shape index (κ2) is 8.29. The van der Waals surface area contributed by atoms with Gasteiger partial charge >= 0.3 is 0 Å². The molecule has 140 valence electrons. The first-order valence-corrected chi connectivity index (χ1v) is 9.23. The number of benzene rings is 1. The third-order valence-electron chi connectivity index (χ3n) is 4.29. The average molecular weight is 398 g/mol. The summed E-state index contributed by atoms with van der Waals surface area (Å²) in [7, 11) is 0. The summed E-state index contributed by atoms with van der Waals surface area (Å²) >= 11 is 12.0. The van der Waals surface area contributed by atoms with Crippen molar-refractivity contribution in [1.82, 2.24) is 15.0 Å². The maximum atomic E-state index is 12.6. The van der Waals surface area contributed by atoms with Crippen LogP contribution in [0.15, 0.2) is 28.8 Å².